The largest absolute Gasteiger partial charge is 0.394 e. The first-order chi connectivity index (χ1) is 12.4. The van der Waals surface area contributed by atoms with Gasteiger partial charge in [0.25, 0.3) is 11.5 Å². The summed E-state index contributed by atoms with van der Waals surface area (Å²) in [6.07, 6.45) is 9.84. The summed E-state index contributed by atoms with van der Waals surface area (Å²) < 4.78 is 1.44. The van der Waals surface area contributed by atoms with Crippen LogP contribution in [0.1, 0.15) is 40.2 Å². The summed E-state index contributed by atoms with van der Waals surface area (Å²) in [6, 6.07) is 1.73. The molecule has 26 heavy (non-hydrogen) atoms. The van der Waals surface area contributed by atoms with Crippen LogP contribution in [0.3, 0.4) is 0 Å². The molecule has 1 aliphatic rings. The number of aliphatic hydroxyl groups excluding tert-OH is 1. The van der Waals surface area contributed by atoms with Crippen molar-refractivity contribution in [2.45, 2.75) is 38.8 Å². The van der Waals surface area contributed by atoms with Gasteiger partial charge in [0.15, 0.2) is 0 Å². The van der Waals surface area contributed by atoms with Gasteiger partial charge in [0.05, 0.1) is 36.3 Å². The molecule has 0 aromatic carbocycles. The molecule has 0 saturated heterocycles. The second-order valence-electron chi connectivity index (χ2n) is 6.73. The Hall–Kier alpha value is -2.80. The predicted octanol–water partition coefficient (Wildman–Crippen LogP) is 1.11. The van der Waals surface area contributed by atoms with Crippen LogP contribution in [0, 0.1) is 13.8 Å². The third-order valence-corrected chi connectivity index (χ3v) is 4.63. The van der Waals surface area contributed by atoms with Crippen molar-refractivity contribution in [2.24, 2.45) is 0 Å². The zero-order valence-electron chi connectivity index (χ0n) is 14.9. The van der Waals surface area contributed by atoms with E-state index in [-0.39, 0.29) is 24.3 Å². The van der Waals surface area contributed by atoms with Crippen molar-refractivity contribution in [3.63, 3.8) is 0 Å². The van der Waals surface area contributed by atoms with Crippen molar-refractivity contribution in [1.29, 1.82) is 0 Å². The number of rotatable bonds is 5. The zero-order chi connectivity index (χ0) is 18.7. The lowest BCUT2D eigenvalue weighted by molar-refractivity contribution is 0.0842. The molecule has 0 spiro atoms. The highest BCUT2D eigenvalue weighted by molar-refractivity contribution is 5.95. The van der Waals surface area contributed by atoms with Crippen LogP contribution in [0.4, 0.5) is 0 Å². The molecule has 3 rings (SSSR count). The van der Waals surface area contributed by atoms with E-state index < -0.39 is 11.4 Å². The van der Waals surface area contributed by atoms with Crippen molar-refractivity contribution in [1.82, 2.24) is 19.9 Å². The van der Waals surface area contributed by atoms with Gasteiger partial charge in [0, 0.05) is 12.4 Å². The second-order valence-corrected chi connectivity index (χ2v) is 6.73. The van der Waals surface area contributed by atoms with Gasteiger partial charge in [-0.15, -0.1) is 0 Å². The van der Waals surface area contributed by atoms with E-state index >= 15 is 0 Å². The molecule has 2 aromatic heterocycles. The lowest BCUT2D eigenvalue weighted by Crippen LogP contribution is -2.51. The van der Waals surface area contributed by atoms with Crippen LogP contribution in [0.2, 0.25) is 0 Å². The van der Waals surface area contributed by atoms with Gasteiger partial charge < -0.3 is 15.0 Å². The summed E-state index contributed by atoms with van der Waals surface area (Å²) in [5, 5.41) is 12.5. The SMILES string of the molecule is Cc1cnc(Cn2ccc(C)c(C(=O)NC3(CO)CC=CC3)c2=O)cn1. The fourth-order valence-corrected chi connectivity index (χ4v) is 3.02. The van der Waals surface area contributed by atoms with E-state index in [1.807, 2.05) is 19.1 Å². The average Bonchev–Trinajstić information content (AvgIpc) is 3.08. The van der Waals surface area contributed by atoms with E-state index in [4.69, 9.17) is 0 Å². The Bertz CT molecular complexity index is 892. The first-order valence-corrected chi connectivity index (χ1v) is 8.50. The maximum Gasteiger partial charge on any atom is 0.264 e. The first kappa shape index (κ1) is 18.0. The number of nitrogens with one attached hydrogen (secondary N) is 1. The maximum absolute atomic E-state index is 12.8. The Morgan fingerprint density at radius 2 is 2.00 bits per heavy atom. The monoisotopic (exact) mass is 354 g/mol. The summed E-state index contributed by atoms with van der Waals surface area (Å²) in [5.41, 5.74) is 1.01. The van der Waals surface area contributed by atoms with Gasteiger partial charge in [-0.1, -0.05) is 12.2 Å². The molecule has 0 aliphatic heterocycles. The standard InChI is InChI=1S/C19H22N4O3/c1-13-5-8-23(11-15-10-20-14(2)9-21-15)18(26)16(13)17(25)22-19(12-24)6-3-4-7-19/h3-5,8-10,24H,6-7,11-12H2,1-2H3,(H,22,25). The number of carbonyl (C=O) groups excluding carboxylic acids is 1. The Labute approximate surface area is 151 Å². The van der Waals surface area contributed by atoms with Gasteiger partial charge >= 0.3 is 0 Å². The molecule has 0 unspecified atom stereocenters. The summed E-state index contributed by atoms with van der Waals surface area (Å²) in [7, 11) is 0. The van der Waals surface area contributed by atoms with Crippen LogP contribution in [-0.2, 0) is 6.54 Å². The molecule has 1 amide bonds. The third kappa shape index (κ3) is 3.57. The van der Waals surface area contributed by atoms with E-state index in [1.165, 1.54) is 4.57 Å². The van der Waals surface area contributed by atoms with Crippen molar-refractivity contribution in [3.8, 4) is 0 Å². The minimum atomic E-state index is -0.723. The molecule has 0 fully saturated rings. The lowest BCUT2D eigenvalue weighted by atomic mass is 9.97. The second kappa shape index (κ2) is 7.21. The lowest BCUT2D eigenvalue weighted by Gasteiger charge is -2.28. The van der Waals surface area contributed by atoms with E-state index in [2.05, 4.69) is 15.3 Å². The van der Waals surface area contributed by atoms with Crippen LogP contribution in [0.15, 0.2) is 41.6 Å². The van der Waals surface area contributed by atoms with Gasteiger partial charge in [-0.25, -0.2) is 0 Å². The minimum absolute atomic E-state index is 0.0901. The highest BCUT2D eigenvalue weighted by Gasteiger charge is 2.33. The topological polar surface area (TPSA) is 97.1 Å². The highest BCUT2D eigenvalue weighted by atomic mass is 16.3. The summed E-state index contributed by atoms with van der Waals surface area (Å²) in [6.45, 7) is 3.63. The molecule has 136 valence electrons. The van der Waals surface area contributed by atoms with Crippen molar-refractivity contribution >= 4 is 5.91 Å². The molecule has 1 aliphatic carbocycles. The van der Waals surface area contributed by atoms with Crippen LogP contribution >= 0.6 is 0 Å². The van der Waals surface area contributed by atoms with Gasteiger partial charge in [-0.05, 0) is 38.3 Å². The normalized spacial score (nSPS) is 15.2. The molecule has 0 saturated carbocycles. The number of aromatic nitrogens is 3. The minimum Gasteiger partial charge on any atom is -0.394 e. The summed E-state index contributed by atoms with van der Waals surface area (Å²) in [4.78, 5) is 34.0. The van der Waals surface area contributed by atoms with Gasteiger partial charge in [-0.3, -0.25) is 19.6 Å². The van der Waals surface area contributed by atoms with Gasteiger partial charge in [-0.2, -0.15) is 0 Å². The Morgan fingerprint density at radius 1 is 1.27 bits per heavy atom. The summed E-state index contributed by atoms with van der Waals surface area (Å²) >= 11 is 0. The van der Waals surface area contributed by atoms with Crippen LogP contribution in [0.5, 0.6) is 0 Å². The predicted molar refractivity (Wildman–Crippen MR) is 97.0 cm³/mol. The van der Waals surface area contributed by atoms with E-state index in [0.717, 1.165) is 5.69 Å². The number of hydrogen-bond donors (Lipinski definition) is 2. The Kier molecular flexibility index (Phi) is 4.99. The molecule has 0 atom stereocenters. The van der Waals surface area contributed by atoms with Crippen molar-refractivity contribution < 1.29 is 9.90 Å². The molecule has 2 heterocycles. The molecule has 2 N–H and O–H groups in total. The van der Waals surface area contributed by atoms with Crippen LogP contribution in [0.25, 0.3) is 0 Å². The Balaban J connectivity index is 1.88. The number of aryl methyl sites for hydroxylation is 2. The fraction of sp³-hybridized carbons (Fsp3) is 0.368. The number of nitrogens with zero attached hydrogens (tertiary/aromatic N) is 3. The highest BCUT2D eigenvalue weighted by Crippen LogP contribution is 2.23. The zero-order valence-corrected chi connectivity index (χ0v) is 14.9. The number of pyridine rings is 1. The number of aliphatic hydroxyl groups is 1. The first-order valence-electron chi connectivity index (χ1n) is 8.50. The summed E-state index contributed by atoms with van der Waals surface area (Å²) in [5.74, 6) is -0.463. The molecule has 7 heteroatoms. The van der Waals surface area contributed by atoms with Crippen molar-refractivity contribution in [3.05, 3.63) is 69.7 Å². The average molecular weight is 354 g/mol. The third-order valence-electron chi connectivity index (χ3n) is 4.63. The van der Waals surface area contributed by atoms with E-state index in [1.54, 1.807) is 31.6 Å². The maximum atomic E-state index is 12.8. The fourth-order valence-electron chi connectivity index (χ4n) is 3.02. The van der Waals surface area contributed by atoms with Gasteiger partial charge in [0.2, 0.25) is 0 Å². The van der Waals surface area contributed by atoms with E-state index in [0.29, 0.717) is 24.1 Å². The molecular formula is C19H22N4O3. The molecular weight excluding hydrogens is 332 g/mol. The number of hydrogen-bond acceptors (Lipinski definition) is 5. The van der Waals surface area contributed by atoms with E-state index in [9.17, 15) is 14.7 Å². The smallest absolute Gasteiger partial charge is 0.264 e. The Morgan fingerprint density at radius 3 is 2.62 bits per heavy atom. The molecule has 0 radical (unpaired) electrons. The van der Waals surface area contributed by atoms with Crippen molar-refractivity contribution in [2.75, 3.05) is 6.61 Å². The van der Waals surface area contributed by atoms with Crippen LogP contribution in [-0.4, -0.2) is 37.7 Å². The van der Waals surface area contributed by atoms with Crippen LogP contribution < -0.4 is 10.9 Å². The quantitative estimate of drug-likeness (QED) is 0.784. The number of amides is 1. The van der Waals surface area contributed by atoms with Gasteiger partial charge in [0.1, 0.15) is 5.56 Å². The molecule has 2 aromatic rings. The molecule has 0 bridgehead atoms. The molecule has 7 nitrogen and oxygen atoms in total. The number of carbonyl (C=O) groups is 1.